The zero-order valence-corrected chi connectivity index (χ0v) is 24.6. The van der Waals surface area contributed by atoms with Gasteiger partial charge >= 0.3 is 0 Å². The number of rotatable bonds is 4. The zero-order valence-electron chi connectivity index (χ0n) is 24.6. The Morgan fingerprint density at radius 1 is 0.622 bits per heavy atom. The lowest BCUT2D eigenvalue weighted by Gasteiger charge is -2.22. The normalized spacial score (nSPS) is 16.2. The number of aryl methyl sites for hydroxylation is 1. The fourth-order valence-corrected chi connectivity index (χ4v) is 6.91. The molecule has 0 radical (unpaired) electrons. The Morgan fingerprint density at radius 2 is 1.22 bits per heavy atom. The van der Waals surface area contributed by atoms with Crippen molar-refractivity contribution in [2.75, 3.05) is 0 Å². The van der Waals surface area contributed by atoms with E-state index in [4.69, 9.17) is 19.7 Å². The van der Waals surface area contributed by atoms with Crippen LogP contribution in [-0.2, 0) is 0 Å². The second kappa shape index (κ2) is 10.1. The summed E-state index contributed by atoms with van der Waals surface area (Å²) in [6.07, 6.45) is 4.40. The van der Waals surface area contributed by atoms with Crippen LogP contribution in [0.1, 0.15) is 34.4 Å². The molecule has 1 aliphatic carbocycles. The standard InChI is InChI=1S/C40H28N4O/c1-25-23-31(40-42-38(26-13-5-2-6-14-26)41-39(43-40)27-15-7-3-8-16-27)35-30-21-22-33-36(37(30)45-34(35)24-25)29-19-11-12-20-32(29)44(33)28-17-9-4-10-18-28/h2-24,30,37H,1H3. The van der Waals surface area contributed by atoms with Gasteiger partial charge in [-0.1, -0.05) is 103 Å². The molecule has 5 nitrogen and oxygen atoms in total. The third-order valence-electron chi connectivity index (χ3n) is 8.85. The Bertz CT molecular complexity index is 2200. The molecule has 1 aliphatic heterocycles. The van der Waals surface area contributed by atoms with Gasteiger partial charge < -0.3 is 9.30 Å². The molecule has 5 aromatic carbocycles. The van der Waals surface area contributed by atoms with Crippen molar-refractivity contribution in [1.82, 2.24) is 19.5 Å². The van der Waals surface area contributed by atoms with Crippen LogP contribution in [0.15, 0.2) is 133 Å². The van der Waals surface area contributed by atoms with Gasteiger partial charge in [-0.2, -0.15) is 0 Å². The van der Waals surface area contributed by atoms with E-state index in [1.165, 1.54) is 16.5 Å². The Balaban J connectivity index is 1.24. The van der Waals surface area contributed by atoms with E-state index in [0.29, 0.717) is 17.5 Å². The second-order valence-electron chi connectivity index (χ2n) is 11.7. The van der Waals surface area contributed by atoms with E-state index in [-0.39, 0.29) is 12.0 Å². The van der Waals surface area contributed by atoms with Crippen molar-refractivity contribution in [3.63, 3.8) is 0 Å². The first-order valence-corrected chi connectivity index (χ1v) is 15.3. The maximum Gasteiger partial charge on any atom is 0.164 e. The van der Waals surface area contributed by atoms with Gasteiger partial charge in [-0.25, -0.2) is 15.0 Å². The van der Waals surface area contributed by atoms with Crippen LogP contribution in [-0.4, -0.2) is 19.5 Å². The first kappa shape index (κ1) is 25.7. The van der Waals surface area contributed by atoms with Gasteiger partial charge in [0.05, 0.1) is 11.2 Å². The van der Waals surface area contributed by atoms with Crippen molar-refractivity contribution in [2.24, 2.45) is 0 Å². The number of nitrogens with zero attached hydrogens (tertiary/aromatic N) is 4. The molecule has 2 aliphatic rings. The fourth-order valence-electron chi connectivity index (χ4n) is 6.91. The highest BCUT2D eigenvalue weighted by Crippen LogP contribution is 2.55. The average Bonchev–Trinajstić information content (AvgIpc) is 3.64. The van der Waals surface area contributed by atoms with Gasteiger partial charge in [-0.05, 0) is 48.9 Å². The van der Waals surface area contributed by atoms with Crippen molar-refractivity contribution in [1.29, 1.82) is 0 Å². The molecule has 0 bridgehead atoms. The maximum atomic E-state index is 6.93. The molecule has 0 amide bonds. The Kier molecular flexibility index (Phi) is 5.78. The van der Waals surface area contributed by atoms with E-state index >= 15 is 0 Å². The summed E-state index contributed by atoms with van der Waals surface area (Å²) in [5.41, 5.74) is 9.79. The van der Waals surface area contributed by atoms with Crippen molar-refractivity contribution in [3.05, 3.63) is 156 Å². The van der Waals surface area contributed by atoms with E-state index in [2.05, 4.69) is 90.4 Å². The predicted molar refractivity (Wildman–Crippen MR) is 179 cm³/mol. The summed E-state index contributed by atoms with van der Waals surface area (Å²) in [5.74, 6) is 2.85. The minimum Gasteiger partial charge on any atom is -0.484 e. The van der Waals surface area contributed by atoms with Gasteiger partial charge in [0.1, 0.15) is 11.9 Å². The average molecular weight is 581 g/mol. The Morgan fingerprint density at radius 3 is 1.91 bits per heavy atom. The summed E-state index contributed by atoms with van der Waals surface area (Å²) >= 11 is 0. The molecule has 0 saturated heterocycles. The van der Waals surface area contributed by atoms with Crippen molar-refractivity contribution in [2.45, 2.75) is 18.9 Å². The SMILES string of the molecule is Cc1cc2c(c(-c3nc(-c4ccccc4)nc(-c4ccccc4)n3)c1)C1C=Cc3c(c4ccccc4n3-c3ccccc3)C1O2. The molecule has 3 heterocycles. The minimum absolute atomic E-state index is 0.00949. The summed E-state index contributed by atoms with van der Waals surface area (Å²) in [4.78, 5) is 15.1. The Labute approximate surface area is 261 Å². The van der Waals surface area contributed by atoms with Crippen molar-refractivity contribution in [3.8, 4) is 45.6 Å². The predicted octanol–water partition coefficient (Wildman–Crippen LogP) is 9.37. The largest absolute Gasteiger partial charge is 0.484 e. The number of fused-ring (bicyclic) bond motifs is 7. The molecule has 0 N–H and O–H groups in total. The summed E-state index contributed by atoms with van der Waals surface area (Å²) in [5, 5.41) is 1.21. The third-order valence-corrected chi connectivity index (χ3v) is 8.85. The molecular weight excluding hydrogens is 552 g/mol. The summed E-state index contributed by atoms with van der Waals surface area (Å²) in [6, 6.07) is 43.8. The Hall–Kier alpha value is -5.81. The molecule has 9 rings (SSSR count). The van der Waals surface area contributed by atoms with Crippen LogP contribution in [0.2, 0.25) is 0 Å². The van der Waals surface area contributed by atoms with E-state index in [1.807, 2.05) is 60.7 Å². The van der Waals surface area contributed by atoms with E-state index in [9.17, 15) is 0 Å². The van der Waals surface area contributed by atoms with E-state index in [1.54, 1.807) is 0 Å². The molecule has 0 spiro atoms. The quantitative estimate of drug-likeness (QED) is 0.208. The lowest BCUT2D eigenvalue weighted by molar-refractivity contribution is 0.224. The molecule has 0 saturated carbocycles. The number of ether oxygens (including phenoxy) is 1. The van der Waals surface area contributed by atoms with Crippen LogP contribution in [0.3, 0.4) is 0 Å². The lowest BCUT2D eigenvalue weighted by Crippen LogP contribution is -2.14. The summed E-state index contributed by atoms with van der Waals surface area (Å²) < 4.78 is 9.28. The number of hydrogen-bond donors (Lipinski definition) is 0. The van der Waals surface area contributed by atoms with Gasteiger partial charge in [0.15, 0.2) is 17.5 Å². The molecule has 5 heteroatoms. The molecule has 2 aromatic heterocycles. The van der Waals surface area contributed by atoms with Gasteiger partial charge in [-0.15, -0.1) is 0 Å². The monoisotopic (exact) mass is 580 g/mol. The smallest absolute Gasteiger partial charge is 0.164 e. The highest BCUT2D eigenvalue weighted by atomic mass is 16.5. The third kappa shape index (κ3) is 4.12. The summed E-state index contributed by atoms with van der Waals surface area (Å²) in [7, 11) is 0. The van der Waals surface area contributed by atoms with Gasteiger partial charge in [0.25, 0.3) is 0 Å². The highest BCUT2D eigenvalue weighted by Gasteiger charge is 2.42. The van der Waals surface area contributed by atoms with Crippen LogP contribution in [0.4, 0.5) is 0 Å². The van der Waals surface area contributed by atoms with Crippen LogP contribution < -0.4 is 4.74 Å². The second-order valence-corrected chi connectivity index (χ2v) is 11.7. The molecule has 0 fully saturated rings. The molecule has 214 valence electrons. The zero-order chi connectivity index (χ0) is 29.9. The van der Waals surface area contributed by atoms with Crippen LogP contribution in [0.25, 0.3) is 56.8 Å². The number of para-hydroxylation sites is 2. The van der Waals surface area contributed by atoms with Crippen LogP contribution >= 0.6 is 0 Å². The lowest BCUT2D eigenvalue weighted by atomic mass is 9.83. The summed E-state index contributed by atoms with van der Waals surface area (Å²) in [6.45, 7) is 2.11. The van der Waals surface area contributed by atoms with Crippen LogP contribution in [0, 0.1) is 6.92 Å². The van der Waals surface area contributed by atoms with Crippen molar-refractivity contribution < 1.29 is 4.74 Å². The molecule has 45 heavy (non-hydrogen) atoms. The maximum absolute atomic E-state index is 6.93. The number of aromatic nitrogens is 4. The van der Waals surface area contributed by atoms with Gasteiger partial charge in [-0.3, -0.25) is 0 Å². The topological polar surface area (TPSA) is 52.8 Å². The van der Waals surface area contributed by atoms with Gasteiger partial charge in [0.2, 0.25) is 0 Å². The number of benzene rings is 5. The van der Waals surface area contributed by atoms with Gasteiger partial charge in [0, 0.05) is 44.8 Å². The first-order valence-electron chi connectivity index (χ1n) is 15.3. The highest BCUT2D eigenvalue weighted by molar-refractivity contribution is 5.92. The molecule has 7 aromatic rings. The van der Waals surface area contributed by atoms with E-state index in [0.717, 1.165) is 44.9 Å². The molecule has 2 atom stereocenters. The fraction of sp³-hybridized carbons (Fsp3) is 0.0750. The number of hydrogen-bond acceptors (Lipinski definition) is 4. The molecular formula is C40H28N4O. The molecule has 2 unspecified atom stereocenters. The minimum atomic E-state index is -0.167. The van der Waals surface area contributed by atoms with E-state index < -0.39 is 0 Å². The van der Waals surface area contributed by atoms with Crippen molar-refractivity contribution >= 4 is 17.0 Å². The first-order chi connectivity index (χ1) is 22.2. The van der Waals surface area contributed by atoms with Crippen LogP contribution in [0.5, 0.6) is 5.75 Å².